The van der Waals surface area contributed by atoms with Crippen LogP contribution in [0.5, 0.6) is 0 Å². The molecule has 7 nitrogen and oxygen atoms in total. The summed E-state index contributed by atoms with van der Waals surface area (Å²) in [6, 6.07) is 0.0946. The van der Waals surface area contributed by atoms with Crippen molar-refractivity contribution in [2.75, 3.05) is 20.7 Å². The number of aliphatic hydroxyl groups excluding tert-OH is 1. The van der Waals surface area contributed by atoms with Gasteiger partial charge in [0.05, 0.1) is 6.61 Å². The fraction of sp³-hybridized carbons (Fsp3) is 0.906. The average Bonchev–Trinajstić information content (AvgIpc) is 3.48. The van der Waals surface area contributed by atoms with Gasteiger partial charge in [-0.05, 0) is 87.6 Å². The maximum Gasteiger partial charge on any atom is 0.302 e. The lowest BCUT2D eigenvalue weighted by Gasteiger charge is -2.62. The molecular formula is C32H52N2O5. The predicted octanol–water partition coefficient (Wildman–Crippen LogP) is 4.21. The van der Waals surface area contributed by atoms with Gasteiger partial charge in [0, 0.05) is 48.1 Å². The van der Waals surface area contributed by atoms with Crippen LogP contribution in [-0.2, 0) is 19.1 Å². The Hall–Kier alpha value is -1.47. The summed E-state index contributed by atoms with van der Waals surface area (Å²) >= 11 is 0. The number of aliphatic hydroxyl groups is 1. The molecule has 0 aromatic rings. The number of ether oxygens (including phenoxy) is 1. The number of fused-ring (bicyclic) bond motifs is 2. The van der Waals surface area contributed by atoms with E-state index < -0.39 is 5.41 Å². The number of ketones is 1. The molecule has 0 aromatic carbocycles. The fourth-order valence-corrected chi connectivity index (χ4v) is 11.3. The highest BCUT2D eigenvalue weighted by atomic mass is 16.5. The molecule has 1 amide bonds. The summed E-state index contributed by atoms with van der Waals surface area (Å²) < 4.78 is 6.05. The Bertz CT molecular complexity index is 1060. The lowest BCUT2D eigenvalue weighted by Crippen LogP contribution is -2.64. The Morgan fingerprint density at radius 3 is 2.28 bits per heavy atom. The van der Waals surface area contributed by atoms with Crippen molar-refractivity contribution < 1.29 is 24.2 Å². The highest BCUT2D eigenvalue weighted by Gasteiger charge is 2.86. The minimum Gasteiger partial charge on any atom is -0.462 e. The Labute approximate surface area is 235 Å². The number of esters is 1. The minimum atomic E-state index is -0.447. The first-order valence-corrected chi connectivity index (χ1v) is 15.3. The van der Waals surface area contributed by atoms with Crippen molar-refractivity contribution in [2.45, 2.75) is 112 Å². The summed E-state index contributed by atoms with van der Waals surface area (Å²) in [5.74, 6) is 0.632. The number of Topliss-reactive ketones (excluding diaryl/α,β-unsaturated/α-hetero) is 1. The maximum atomic E-state index is 14.6. The maximum absolute atomic E-state index is 14.6. The zero-order valence-electron chi connectivity index (χ0n) is 25.7. The quantitative estimate of drug-likeness (QED) is 0.487. The molecule has 2 N–H and O–H groups in total. The molecule has 39 heavy (non-hydrogen) atoms. The summed E-state index contributed by atoms with van der Waals surface area (Å²) in [4.78, 5) is 41.8. The van der Waals surface area contributed by atoms with Gasteiger partial charge in [0.25, 0.3) is 0 Å². The van der Waals surface area contributed by atoms with Crippen LogP contribution in [0, 0.1) is 50.7 Å². The molecule has 0 radical (unpaired) electrons. The van der Waals surface area contributed by atoms with Gasteiger partial charge in [0.2, 0.25) is 5.91 Å². The molecule has 11 atom stereocenters. The first-order chi connectivity index (χ1) is 18.1. The second kappa shape index (κ2) is 9.01. The smallest absolute Gasteiger partial charge is 0.302 e. The van der Waals surface area contributed by atoms with Crippen molar-refractivity contribution in [3.8, 4) is 0 Å². The van der Waals surface area contributed by atoms with Crippen LogP contribution < -0.4 is 5.32 Å². The minimum absolute atomic E-state index is 0.0172. The number of amides is 1. The molecule has 2 spiro atoms. The van der Waals surface area contributed by atoms with Crippen molar-refractivity contribution in [1.29, 1.82) is 0 Å². The lowest BCUT2D eigenvalue weighted by atomic mass is 9.41. The van der Waals surface area contributed by atoms with Crippen molar-refractivity contribution in [3.05, 3.63) is 0 Å². The SMILES string of the molecule is CC(=O)O[C@@H]1C[C@@]2(C)[C@@H]3CC[C@H]4[C@](C)(CO)[C@@H](NC(=O)C(C)C)CC[C@@]45C[C@@]35C(=O)C[C@]2(C)[C@H]1[C@H](C)N(C)C. The van der Waals surface area contributed by atoms with Crippen molar-refractivity contribution in [1.82, 2.24) is 10.2 Å². The molecular weight excluding hydrogens is 492 g/mol. The van der Waals surface area contributed by atoms with Crippen LogP contribution in [0.2, 0.25) is 0 Å². The molecule has 220 valence electrons. The first-order valence-electron chi connectivity index (χ1n) is 15.3. The van der Waals surface area contributed by atoms with Gasteiger partial charge >= 0.3 is 5.97 Å². The van der Waals surface area contributed by atoms with Gasteiger partial charge in [-0.25, -0.2) is 0 Å². The fourth-order valence-electron chi connectivity index (χ4n) is 11.3. The van der Waals surface area contributed by atoms with Gasteiger partial charge in [-0.2, -0.15) is 0 Å². The molecule has 5 saturated carbocycles. The Morgan fingerprint density at radius 2 is 1.72 bits per heavy atom. The topological polar surface area (TPSA) is 95.9 Å². The number of carbonyl (C=O) groups excluding carboxylic acids is 3. The van der Waals surface area contributed by atoms with Crippen molar-refractivity contribution in [3.63, 3.8) is 0 Å². The summed E-state index contributed by atoms with van der Waals surface area (Å²) in [5.41, 5.74) is -1.29. The second-order valence-electron chi connectivity index (χ2n) is 15.4. The number of hydrogen-bond donors (Lipinski definition) is 2. The van der Waals surface area contributed by atoms with E-state index in [9.17, 15) is 19.5 Å². The zero-order valence-corrected chi connectivity index (χ0v) is 25.7. The van der Waals surface area contributed by atoms with Gasteiger partial charge in [0.1, 0.15) is 11.9 Å². The molecule has 5 aliphatic rings. The normalized spacial score (nSPS) is 49.0. The van der Waals surface area contributed by atoms with Crippen molar-refractivity contribution in [2.24, 2.45) is 50.7 Å². The molecule has 0 bridgehead atoms. The Balaban J connectivity index is 1.53. The van der Waals surface area contributed by atoms with Crippen LogP contribution in [0.25, 0.3) is 0 Å². The third-order valence-corrected chi connectivity index (χ3v) is 13.5. The van der Waals surface area contributed by atoms with Gasteiger partial charge in [-0.3, -0.25) is 14.4 Å². The standard InChI is InChI=1S/C32H52N2O5/c1-18(2)27(38)33-24-12-13-31-16-32(31)23(11-10-22(31)28(24,5)17-35)29(6)14-21(39-20(4)36)26(19(3)34(8)9)30(29,7)15-25(32)37/h18-19,21-24,26,35H,10-17H2,1-9H3,(H,33,38)/t19-,21+,22-,23-,24-,26-,28-,29-,30+,31+,32-/m0/s1. The van der Waals surface area contributed by atoms with Crippen LogP contribution in [0.4, 0.5) is 0 Å². The van der Waals surface area contributed by atoms with E-state index in [1.807, 2.05) is 13.8 Å². The summed E-state index contributed by atoms with van der Waals surface area (Å²) in [6.07, 6.45) is 5.67. The van der Waals surface area contributed by atoms with Crippen LogP contribution in [-0.4, -0.2) is 66.6 Å². The molecule has 7 heteroatoms. The average molecular weight is 545 g/mol. The third-order valence-electron chi connectivity index (χ3n) is 13.5. The molecule has 0 unspecified atom stereocenters. The van der Waals surface area contributed by atoms with E-state index in [1.54, 1.807) is 0 Å². The van der Waals surface area contributed by atoms with Crippen LogP contribution >= 0.6 is 0 Å². The molecule has 0 saturated heterocycles. The largest absolute Gasteiger partial charge is 0.462 e. The van der Waals surface area contributed by atoms with Gasteiger partial charge in [-0.15, -0.1) is 0 Å². The molecule has 0 aliphatic heterocycles. The number of nitrogens with one attached hydrogen (secondary N) is 1. The van der Waals surface area contributed by atoms with Crippen LogP contribution in [0.3, 0.4) is 0 Å². The summed E-state index contributed by atoms with van der Waals surface area (Å²) in [5, 5.41) is 14.1. The molecule has 5 aliphatic carbocycles. The number of hydrogen-bond acceptors (Lipinski definition) is 6. The lowest BCUT2D eigenvalue weighted by molar-refractivity contribution is -0.173. The number of carbonyl (C=O) groups is 3. The molecule has 5 fully saturated rings. The van der Waals surface area contributed by atoms with E-state index in [-0.39, 0.29) is 82.0 Å². The van der Waals surface area contributed by atoms with Gasteiger partial charge < -0.3 is 20.1 Å². The van der Waals surface area contributed by atoms with Crippen molar-refractivity contribution >= 4 is 17.7 Å². The monoisotopic (exact) mass is 544 g/mol. The highest BCUT2D eigenvalue weighted by Crippen LogP contribution is 2.88. The van der Waals surface area contributed by atoms with E-state index >= 15 is 0 Å². The third kappa shape index (κ3) is 3.57. The summed E-state index contributed by atoms with van der Waals surface area (Å²) in [6.45, 7) is 14.4. The van der Waals surface area contributed by atoms with E-state index in [4.69, 9.17) is 4.74 Å². The Kier molecular flexibility index (Phi) is 6.71. The number of rotatable bonds is 6. The van der Waals surface area contributed by atoms with Gasteiger partial charge in [0.15, 0.2) is 0 Å². The van der Waals surface area contributed by atoms with Crippen LogP contribution in [0.15, 0.2) is 0 Å². The number of nitrogens with zero attached hydrogens (tertiary/aromatic N) is 1. The first kappa shape index (κ1) is 29.0. The van der Waals surface area contributed by atoms with Crippen LogP contribution in [0.1, 0.15) is 93.4 Å². The molecule has 0 heterocycles. The second-order valence-corrected chi connectivity index (χ2v) is 15.4. The van der Waals surface area contributed by atoms with E-state index in [1.165, 1.54) is 6.92 Å². The van der Waals surface area contributed by atoms with E-state index in [0.717, 1.165) is 38.5 Å². The molecule has 5 rings (SSSR count). The Morgan fingerprint density at radius 1 is 1.08 bits per heavy atom. The predicted molar refractivity (Wildman–Crippen MR) is 150 cm³/mol. The van der Waals surface area contributed by atoms with Gasteiger partial charge in [-0.1, -0.05) is 34.6 Å². The van der Waals surface area contributed by atoms with E-state index in [2.05, 4.69) is 52.0 Å². The van der Waals surface area contributed by atoms with E-state index in [0.29, 0.717) is 12.2 Å². The highest BCUT2D eigenvalue weighted by molar-refractivity contribution is 5.92. The molecule has 0 aromatic heterocycles. The zero-order chi connectivity index (χ0) is 28.9. The summed E-state index contributed by atoms with van der Waals surface area (Å²) in [7, 11) is 4.15.